The first-order valence-corrected chi connectivity index (χ1v) is 8.95. The standard InChI is InChI=1S/C22H19N5O2/c1-2-29-14-25-22-19(20(24)28)18(15-9-5-3-6-10-15)17(13-23)21(27-22)26-16-11-7-4-8-12-16/h3-12,14H,2H2,1H3,(H2,24,28)(H,26,27). The Morgan fingerprint density at radius 1 is 1.21 bits per heavy atom. The average Bonchev–Trinajstić information content (AvgIpc) is 2.74. The molecule has 2 aromatic carbocycles. The molecule has 7 nitrogen and oxygen atoms in total. The molecule has 144 valence electrons. The predicted octanol–water partition coefficient (Wildman–Crippen LogP) is 4.16. The zero-order chi connectivity index (χ0) is 20.6. The number of hydrogen-bond acceptors (Lipinski definition) is 6. The molecule has 0 aliphatic carbocycles. The van der Waals surface area contributed by atoms with Crippen LogP contribution in [0.5, 0.6) is 0 Å². The molecule has 0 atom stereocenters. The zero-order valence-corrected chi connectivity index (χ0v) is 15.8. The predicted molar refractivity (Wildman–Crippen MR) is 112 cm³/mol. The third-order valence-electron chi connectivity index (χ3n) is 4.05. The third-order valence-corrected chi connectivity index (χ3v) is 4.05. The number of ether oxygens (including phenoxy) is 1. The maximum Gasteiger partial charge on any atom is 0.253 e. The molecule has 1 aromatic heterocycles. The summed E-state index contributed by atoms with van der Waals surface area (Å²) in [6.07, 6.45) is 1.21. The van der Waals surface area contributed by atoms with Gasteiger partial charge in [0.05, 0.1) is 12.2 Å². The molecular formula is C22H19N5O2. The van der Waals surface area contributed by atoms with Crippen LogP contribution in [0.4, 0.5) is 17.3 Å². The van der Waals surface area contributed by atoms with Crippen molar-refractivity contribution in [1.82, 2.24) is 4.98 Å². The highest BCUT2D eigenvalue weighted by molar-refractivity contribution is 6.06. The summed E-state index contributed by atoms with van der Waals surface area (Å²) in [6.45, 7) is 2.22. The Morgan fingerprint density at radius 2 is 1.86 bits per heavy atom. The highest BCUT2D eigenvalue weighted by atomic mass is 16.5. The van der Waals surface area contributed by atoms with Crippen molar-refractivity contribution in [2.45, 2.75) is 6.92 Å². The maximum atomic E-state index is 12.3. The number of carbonyl (C=O) groups is 1. The average molecular weight is 385 g/mol. The SMILES string of the molecule is CCOC=Nc1nc(Nc2ccccc2)c(C#N)c(-c2ccccc2)c1C(N)=O. The van der Waals surface area contributed by atoms with Gasteiger partial charge < -0.3 is 15.8 Å². The van der Waals surface area contributed by atoms with E-state index in [1.54, 1.807) is 12.1 Å². The van der Waals surface area contributed by atoms with Crippen LogP contribution in [-0.2, 0) is 4.74 Å². The fourth-order valence-electron chi connectivity index (χ4n) is 2.81. The number of nitriles is 1. The molecule has 0 spiro atoms. The van der Waals surface area contributed by atoms with Crippen LogP contribution < -0.4 is 11.1 Å². The zero-order valence-electron chi connectivity index (χ0n) is 15.8. The first kappa shape index (κ1) is 19.6. The Morgan fingerprint density at radius 3 is 2.45 bits per heavy atom. The summed E-state index contributed by atoms with van der Waals surface area (Å²) in [4.78, 5) is 20.9. The topological polar surface area (TPSA) is 113 Å². The second-order valence-corrected chi connectivity index (χ2v) is 5.93. The molecule has 0 aliphatic heterocycles. The number of hydrogen-bond donors (Lipinski definition) is 2. The molecular weight excluding hydrogens is 366 g/mol. The van der Waals surface area contributed by atoms with Crippen LogP contribution in [0.3, 0.4) is 0 Å². The molecule has 0 radical (unpaired) electrons. The van der Waals surface area contributed by atoms with Crippen LogP contribution >= 0.6 is 0 Å². The molecule has 29 heavy (non-hydrogen) atoms. The van der Waals surface area contributed by atoms with E-state index in [4.69, 9.17) is 10.5 Å². The van der Waals surface area contributed by atoms with Crippen LogP contribution in [0.2, 0.25) is 0 Å². The number of para-hydroxylation sites is 1. The lowest BCUT2D eigenvalue weighted by atomic mass is 9.95. The molecule has 3 N–H and O–H groups in total. The van der Waals surface area contributed by atoms with E-state index in [0.29, 0.717) is 17.7 Å². The molecule has 7 heteroatoms. The van der Waals surface area contributed by atoms with Gasteiger partial charge in [0.25, 0.3) is 5.91 Å². The fourth-order valence-corrected chi connectivity index (χ4v) is 2.81. The molecule has 0 aliphatic rings. The van der Waals surface area contributed by atoms with Gasteiger partial charge in [0, 0.05) is 11.3 Å². The first-order valence-electron chi connectivity index (χ1n) is 8.95. The van der Waals surface area contributed by atoms with Crippen LogP contribution in [0, 0.1) is 11.3 Å². The third kappa shape index (κ3) is 4.39. The molecule has 0 saturated carbocycles. The molecule has 1 amide bonds. The van der Waals surface area contributed by atoms with E-state index in [1.807, 2.05) is 55.5 Å². The smallest absolute Gasteiger partial charge is 0.253 e. The normalized spacial score (nSPS) is 10.5. The maximum absolute atomic E-state index is 12.3. The number of nitrogens with one attached hydrogen (secondary N) is 1. The first-order chi connectivity index (χ1) is 14.2. The summed E-state index contributed by atoms with van der Waals surface area (Å²) in [6, 6.07) is 20.5. The number of aliphatic imine (C=N–C) groups is 1. The lowest BCUT2D eigenvalue weighted by molar-refractivity contribution is 0.100. The van der Waals surface area contributed by atoms with E-state index in [2.05, 4.69) is 21.4 Å². The van der Waals surface area contributed by atoms with Gasteiger partial charge in [0.2, 0.25) is 0 Å². The Bertz CT molecular complexity index is 1070. The summed E-state index contributed by atoms with van der Waals surface area (Å²) in [7, 11) is 0. The molecule has 0 fully saturated rings. The number of primary amides is 1. The largest absolute Gasteiger partial charge is 0.483 e. The molecule has 3 rings (SSSR count). The van der Waals surface area contributed by atoms with Crippen molar-refractivity contribution in [1.29, 1.82) is 5.26 Å². The molecule has 0 saturated heterocycles. The van der Waals surface area contributed by atoms with Crippen LogP contribution in [0.1, 0.15) is 22.8 Å². The van der Waals surface area contributed by atoms with E-state index in [9.17, 15) is 10.1 Å². The van der Waals surface area contributed by atoms with Crippen molar-refractivity contribution in [2.24, 2.45) is 10.7 Å². The minimum absolute atomic E-state index is 0.0577. The summed E-state index contributed by atoms with van der Waals surface area (Å²) < 4.78 is 5.16. The Kier molecular flexibility index (Phi) is 6.18. The Labute approximate surface area is 168 Å². The van der Waals surface area contributed by atoms with Gasteiger partial charge in [0.15, 0.2) is 18.0 Å². The van der Waals surface area contributed by atoms with E-state index < -0.39 is 5.91 Å². The van der Waals surface area contributed by atoms with Gasteiger partial charge in [-0.1, -0.05) is 48.5 Å². The van der Waals surface area contributed by atoms with E-state index in [-0.39, 0.29) is 22.8 Å². The van der Waals surface area contributed by atoms with Crippen molar-refractivity contribution in [3.63, 3.8) is 0 Å². The lowest BCUT2D eigenvalue weighted by Gasteiger charge is -2.16. The summed E-state index contributed by atoms with van der Waals surface area (Å²) in [5, 5.41) is 13.0. The molecule has 1 heterocycles. The lowest BCUT2D eigenvalue weighted by Crippen LogP contribution is -2.16. The number of carbonyl (C=O) groups excluding carboxylic acids is 1. The number of nitrogens with zero attached hydrogens (tertiary/aromatic N) is 3. The van der Waals surface area contributed by atoms with Gasteiger partial charge >= 0.3 is 0 Å². The Hall–Kier alpha value is -4.18. The molecule has 0 unspecified atom stereocenters. The summed E-state index contributed by atoms with van der Waals surface area (Å²) >= 11 is 0. The second-order valence-electron chi connectivity index (χ2n) is 5.93. The number of benzene rings is 2. The quantitative estimate of drug-likeness (QED) is 0.468. The summed E-state index contributed by atoms with van der Waals surface area (Å²) in [5.74, 6) is -0.392. The van der Waals surface area contributed by atoms with Gasteiger partial charge in [-0.15, -0.1) is 0 Å². The van der Waals surface area contributed by atoms with Crippen LogP contribution in [-0.4, -0.2) is 23.9 Å². The monoisotopic (exact) mass is 385 g/mol. The van der Waals surface area contributed by atoms with E-state index >= 15 is 0 Å². The van der Waals surface area contributed by atoms with E-state index in [1.165, 1.54) is 6.40 Å². The van der Waals surface area contributed by atoms with Crippen molar-refractivity contribution in [3.8, 4) is 17.2 Å². The minimum Gasteiger partial charge on any atom is -0.483 e. The Balaban J connectivity index is 2.30. The van der Waals surface area contributed by atoms with Crippen molar-refractivity contribution >= 4 is 29.6 Å². The number of aromatic nitrogens is 1. The number of amides is 1. The van der Waals surface area contributed by atoms with Gasteiger partial charge in [-0.25, -0.2) is 9.98 Å². The fraction of sp³-hybridized carbons (Fsp3) is 0.0909. The van der Waals surface area contributed by atoms with Crippen molar-refractivity contribution in [2.75, 3.05) is 11.9 Å². The molecule has 0 bridgehead atoms. The van der Waals surface area contributed by atoms with Gasteiger partial charge in [-0.05, 0) is 24.6 Å². The number of nitrogens with two attached hydrogens (primary N) is 1. The second kappa shape index (κ2) is 9.15. The van der Waals surface area contributed by atoms with Crippen LogP contribution in [0.25, 0.3) is 11.1 Å². The molecule has 3 aromatic rings. The number of anilines is 2. The highest BCUT2D eigenvalue weighted by Crippen LogP contribution is 2.37. The van der Waals surface area contributed by atoms with Crippen molar-refractivity contribution < 1.29 is 9.53 Å². The van der Waals surface area contributed by atoms with Gasteiger partial charge in [-0.3, -0.25) is 4.79 Å². The number of rotatable bonds is 7. The van der Waals surface area contributed by atoms with Gasteiger partial charge in [0.1, 0.15) is 11.6 Å². The van der Waals surface area contributed by atoms with Crippen molar-refractivity contribution in [3.05, 3.63) is 71.8 Å². The summed E-state index contributed by atoms with van der Waals surface area (Å²) in [5.41, 5.74) is 7.68. The van der Waals surface area contributed by atoms with E-state index in [0.717, 1.165) is 5.69 Å². The highest BCUT2D eigenvalue weighted by Gasteiger charge is 2.24. The van der Waals surface area contributed by atoms with Crippen LogP contribution in [0.15, 0.2) is 65.7 Å². The van der Waals surface area contributed by atoms with Gasteiger partial charge in [-0.2, -0.15) is 5.26 Å². The minimum atomic E-state index is -0.734. The number of pyridine rings is 1.